The largest absolute Gasteiger partial charge is 0.497 e. The number of hydrogen-bond donors (Lipinski definition) is 1. The van der Waals surface area contributed by atoms with Crippen molar-refractivity contribution in [2.24, 2.45) is 5.10 Å². The maximum absolute atomic E-state index is 11.7. The van der Waals surface area contributed by atoms with Crippen LogP contribution in [0, 0.1) is 13.8 Å². The summed E-state index contributed by atoms with van der Waals surface area (Å²) < 4.78 is 10.6. The first-order chi connectivity index (χ1) is 11.1. The highest BCUT2D eigenvalue weighted by atomic mass is 16.5. The minimum Gasteiger partial charge on any atom is -0.497 e. The third kappa shape index (κ3) is 5.14. The maximum Gasteiger partial charge on any atom is 0.277 e. The molecule has 0 saturated carbocycles. The molecule has 0 aliphatic heterocycles. The highest BCUT2D eigenvalue weighted by Gasteiger charge is 2.04. The summed E-state index contributed by atoms with van der Waals surface area (Å²) in [5.74, 6) is 1.17. The number of rotatable bonds is 6. The van der Waals surface area contributed by atoms with E-state index in [1.165, 1.54) is 0 Å². The van der Waals surface area contributed by atoms with Crippen molar-refractivity contribution in [1.82, 2.24) is 5.43 Å². The van der Waals surface area contributed by atoms with E-state index in [9.17, 15) is 4.79 Å². The quantitative estimate of drug-likeness (QED) is 0.659. The van der Waals surface area contributed by atoms with Crippen molar-refractivity contribution in [3.05, 3.63) is 59.2 Å². The van der Waals surface area contributed by atoms with Gasteiger partial charge >= 0.3 is 0 Å². The predicted molar refractivity (Wildman–Crippen MR) is 90.1 cm³/mol. The number of methoxy groups -OCH3 is 1. The van der Waals surface area contributed by atoms with Crippen molar-refractivity contribution in [3.63, 3.8) is 0 Å². The lowest BCUT2D eigenvalue weighted by molar-refractivity contribution is -0.123. The zero-order chi connectivity index (χ0) is 16.7. The molecule has 120 valence electrons. The molecular formula is C18H20N2O3. The normalized spacial score (nSPS) is 10.6. The summed E-state index contributed by atoms with van der Waals surface area (Å²) in [5, 5.41) is 3.90. The molecule has 5 heteroatoms. The van der Waals surface area contributed by atoms with Gasteiger partial charge in [0.05, 0.1) is 13.3 Å². The molecular weight excluding hydrogens is 292 g/mol. The summed E-state index contributed by atoms with van der Waals surface area (Å²) in [6.07, 6.45) is 1.56. The van der Waals surface area contributed by atoms with Crippen LogP contribution in [-0.2, 0) is 4.79 Å². The van der Waals surface area contributed by atoms with Crippen molar-refractivity contribution in [2.75, 3.05) is 13.7 Å². The summed E-state index contributed by atoms with van der Waals surface area (Å²) in [7, 11) is 1.61. The van der Waals surface area contributed by atoms with Crippen LogP contribution in [0.2, 0.25) is 0 Å². The van der Waals surface area contributed by atoms with E-state index < -0.39 is 0 Å². The van der Waals surface area contributed by atoms with Crippen LogP contribution in [0.25, 0.3) is 0 Å². The Morgan fingerprint density at radius 1 is 1.17 bits per heavy atom. The Morgan fingerprint density at radius 2 is 1.91 bits per heavy atom. The summed E-state index contributed by atoms with van der Waals surface area (Å²) in [6, 6.07) is 13.2. The first-order valence-electron chi connectivity index (χ1n) is 7.24. The third-order valence-corrected chi connectivity index (χ3v) is 3.22. The standard InChI is InChI=1S/C18H20N2O3/c1-13-4-5-14(2)17(10-13)23-12-18(21)20-19-11-15-6-8-16(22-3)9-7-15/h4-11H,12H2,1-3H3,(H,20,21)/b19-11+. The fraction of sp³-hybridized carbons (Fsp3) is 0.222. The Bertz CT molecular complexity index is 694. The Morgan fingerprint density at radius 3 is 2.61 bits per heavy atom. The molecule has 0 atom stereocenters. The highest BCUT2D eigenvalue weighted by molar-refractivity contribution is 5.83. The van der Waals surface area contributed by atoms with Gasteiger partial charge in [-0.15, -0.1) is 0 Å². The van der Waals surface area contributed by atoms with Crippen molar-refractivity contribution < 1.29 is 14.3 Å². The highest BCUT2D eigenvalue weighted by Crippen LogP contribution is 2.18. The van der Waals surface area contributed by atoms with Crippen LogP contribution in [0.15, 0.2) is 47.6 Å². The van der Waals surface area contributed by atoms with Crippen LogP contribution < -0.4 is 14.9 Å². The lowest BCUT2D eigenvalue weighted by Crippen LogP contribution is -2.24. The number of carbonyl (C=O) groups excluding carboxylic acids is 1. The molecule has 0 bridgehead atoms. The molecule has 0 aliphatic carbocycles. The second kappa shape index (κ2) is 7.98. The SMILES string of the molecule is COc1ccc(/C=N/NC(=O)COc2cc(C)ccc2C)cc1. The van der Waals surface area contributed by atoms with Gasteiger partial charge in [0.2, 0.25) is 0 Å². The number of hydrazone groups is 1. The second-order valence-corrected chi connectivity index (χ2v) is 5.12. The molecule has 0 unspecified atom stereocenters. The molecule has 0 heterocycles. The van der Waals surface area contributed by atoms with E-state index in [4.69, 9.17) is 9.47 Å². The van der Waals surface area contributed by atoms with Gasteiger partial charge in [0.1, 0.15) is 11.5 Å². The van der Waals surface area contributed by atoms with Gasteiger partial charge in [-0.25, -0.2) is 5.43 Å². The van der Waals surface area contributed by atoms with Crippen LogP contribution >= 0.6 is 0 Å². The lowest BCUT2D eigenvalue weighted by atomic mass is 10.1. The van der Waals surface area contributed by atoms with Crippen molar-refractivity contribution in [2.45, 2.75) is 13.8 Å². The Balaban J connectivity index is 1.82. The Labute approximate surface area is 135 Å². The maximum atomic E-state index is 11.7. The summed E-state index contributed by atoms with van der Waals surface area (Å²) >= 11 is 0. The number of hydrogen-bond acceptors (Lipinski definition) is 4. The number of benzene rings is 2. The van der Waals surface area contributed by atoms with Gasteiger partial charge in [-0.3, -0.25) is 4.79 Å². The van der Waals surface area contributed by atoms with Crippen LogP contribution in [0.3, 0.4) is 0 Å². The second-order valence-electron chi connectivity index (χ2n) is 5.12. The van der Waals surface area contributed by atoms with Crippen molar-refractivity contribution >= 4 is 12.1 Å². The summed E-state index contributed by atoms with van der Waals surface area (Å²) in [4.78, 5) is 11.7. The zero-order valence-electron chi connectivity index (χ0n) is 13.5. The van der Waals surface area contributed by atoms with Crippen molar-refractivity contribution in [3.8, 4) is 11.5 Å². The molecule has 2 aromatic carbocycles. The number of nitrogens with one attached hydrogen (secondary N) is 1. The minimum atomic E-state index is -0.310. The summed E-state index contributed by atoms with van der Waals surface area (Å²) in [5.41, 5.74) is 5.38. The number of aryl methyl sites for hydroxylation is 2. The topological polar surface area (TPSA) is 59.9 Å². The van der Waals surface area contributed by atoms with Crippen LogP contribution in [-0.4, -0.2) is 25.8 Å². The van der Waals surface area contributed by atoms with Gasteiger partial charge < -0.3 is 9.47 Å². The fourth-order valence-electron chi connectivity index (χ4n) is 1.91. The molecule has 5 nitrogen and oxygen atoms in total. The first-order valence-corrected chi connectivity index (χ1v) is 7.24. The molecule has 0 aromatic heterocycles. The average molecular weight is 312 g/mol. The van der Waals surface area contributed by atoms with Gasteiger partial charge in [0, 0.05) is 0 Å². The van der Waals surface area contributed by atoms with Gasteiger partial charge in [-0.1, -0.05) is 12.1 Å². The average Bonchev–Trinajstić information content (AvgIpc) is 2.56. The van der Waals surface area contributed by atoms with E-state index in [2.05, 4.69) is 10.5 Å². The van der Waals surface area contributed by atoms with Gasteiger partial charge in [-0.05, 0) is 60.9 Å². The van der Waals surface area contributed by atoms with E-state index in [-0.39, 0.29) is 12.5 Å². The Kier molecular flexibility index (Phi) is 5.74. The predicted octanol–water partition coefficient (Wildman–Crippen LogP) is 2.84. The monoisotopic (exact) mass is 312 g/mol. The van der Waals surface area contributed by atoms with Crippen LogP contribution in [0.5, 0.6) is 11.5 Å². The zero-order valence-corrected chi connectivity index (χ0v) is 13.5. The van der Waals surface area contributed by atoms with Gasteiger partial charge in [0.25, 0.3) is 5.91 Å². The molecule has 0 saturated heterocycles. The summed E-state index contributed by atoms with van der Waals surface area (Å²) in [6.45, 7) is 3.84. The lowest BCUT2D eigenvalue weighted by Gasteiger charge is -2.08. The number of carbonyl (C=O) groups is 1. The van der Waals surface area contributed by atoms with E-state index in [1.807, 2.05) is 56.3 Å². The van der Waals surface area contributed by atoms with E-state index in [1.54, 1.807) is 13.3 Å². The first kappa shape index (κ1) is 16.5. The number of amides is 1. The molecule has 0 spiro atoms. The van der Waals surface area contributed by atoms with E-state index >= 15 is 0 Å². The number of ether oxygens (including phenoxy) is 2. The van der Waals surface area contributed by atoms with E-state index in [0.717, 1.165) is 22.4 Å². The number of nitrogens with zero attached hydrogens (tertiary/aromatic N) is 1. The van der Waals surface area contributed by atoms with Crippen molar-refractivity contribution in [1.29, 1.82) is 0 Å². The fourth-order valence-corrected chi connectivity index (χ4v) is 1.91. The smallest absolute Gasteiger partial charge is 0.277 e. The molecule has 2 rings (SSSR count). The molecule has 1 N–H and O–H groups in total. The van der Waals surface area contributed by atoms with Crippen LogP contribution in [0.4, 0.5) is 0 Å². The molecule has 2 aromatic rings. The molecule has 23 heavy (non-hydrogen) atoms. The minimum absolute atomic E-state index is 0.0791. The molecule has 0 radical (unpaired) electrons. The Hall–Kier alpha value is -2.82. The van der Waals surface area contributed by atoms with E-state index in [0.29, 0.717) is 5.75 Å². The van der Waals surface area contributed by atoms with Crippen LogP contribution in [0.1, 0.15) is 16.7 Å². The molecule has 0 aliphatic rings. The molecule has 0 fully saturated rings. The van der Waals surface area contributed by atoms with Gasteiger partial charge in [0.15, 0.2) is 6.61 Å². The third-order valence-electron chi connectivity index (χ3n) is 3.22. The molecule has 1 amide bonds. The van der Waals surface area contributed by atoms with Gasteiger partial charge in [-0.2, -0.15) is 5.10 Å².